The number of hydrogen-bond acceptors (Lipinski definition) is 3. The van der Waals surface area contributed by atoms with Crippen LogP contribution in [0.1, 0.15) is 40.0 Å². The van der Waals surface area contributed by atoms with Crippen molar-refractivity contribution in [3.63, 3.8) is 0 Å². The van der Waals surface area contributed by atoms with Crippen LogP contribution in [0, 0.1) is 0 Å². The zero-order chi connectivity index (χ0) is 12.0. The first kappa shape index (κ1) is 13.5. The SMILES string of the molecule is CC(C)(C)NC(=O)COCC1CCCCN1. The second kappa shape index (κ2) is 6.21. The van der Waals surface area contributed by atoms with Gasteiger partial charge in [0.2, 0.25) is 5.91 Å². The van der Waals surface area contributed by atoms with Crippen molar-refractivity contribution >= 4 is 5.91 Å². The molecule has 2 N–H and O–H groups in total. The second-order valence-corrected chi connectivity index (χ2v) is 5.46. The van der Waals surface area contributed by atoms with E-state index in [9.17, 15) is 4.79 Å². The first-order valence-electron chi connectivity index (χ1n) is 6.09. The molecule has 1 heterocycles. The van der Waals surface area contributed by atoms with Crippen molar-refractivity contribution in [3.8, 4) is 0 Å². The fourth-order valence-electron chi connectivity index (χ4n) is 1.81. The summed E-state index contributed by atoms with van der Waals surface area (Å²) in [5.74, 6) is -0.0386. The zero-order valence-corrected chi connectivity index (χ0v) is 10.6. The van der Waals surface area contributed by atoms with Crippen LogP contribution in [0.2, 0.25) is 0 Å². The van der Waals surface area contributed by atoms with E-state index in [0.717, 1.165) is 13.0 Å². The van der Waals surface area contributed by atoms with E-state index in [1.165, 1.54) is 12.8 Å². The van der Waals surface area contributed by atoms with E-state index in [1.54, 1.807) is 0 Å². The number of amides is 1. The predicted octanol–water partition coefficient (Wildman–Crippen LogP) is 1.06. The molecule has 0 saturated carbocycles. The highest BCUT2D eigenvalue weighted by molar-refractivity contribution is 5.77. The van der Waals surface area contributed by atoms with Crippen LogP contribution in [0.15, 0.2) is 0 Å². The average molecular weight is 228 g/mol. The van der Waals surface area contributed by atoms with Gasteiger partial charge in [0.25, 0.3) is 0 Å². The summed E-state index contributed by atoms with van der Waals surface area (Å²) in [5.41, 5.74) is -0.177. The lowest BCUT2D eigenvalue weighted by atomic mass is 10.1. The molecule has 1 aliphatic heterocycles. The van der Waals surface area contributed by atoms with Crippen LogP contribution in [0.3, 0.4) is 0 Å². The van der Waals surface area contributed by atoms with E-state index in [1.807, 2.05) is 20.8 Å². The van der Waals surface area contributed by atoms with Crippen LogP contribution in [-0.2, 0) is 9.53 Å². The summed E-state index contributed by atoms with van der Waals surface area (Å²) >= 11 is 0. The van der Waals surface area contributed by atoms with Gasteiger partial charge in [-0.3, -0.25) is 4.79 Å². The molecule has 1 unspecified atom stereocenters. The molecule has 16 heavy (non-hydrogen) atoms. The van der Waals surface area contributed by atoms with Crippen LogP contribution in [-0.4, -0.2) is 37.2 Å². The number of carbonyl (C=O) groups is 1. The molecule has 4 nitrogen and oxygen atoms in total. The van der Waals surface area contributed by atoms with Gasteiger partial charge in [-0.1, -0.05) is 6.42 Å². The Morgan fingerprint density at radius 1 is 1.44 bits per heavy atom. The van der Waals surface area contributed by atoms with Gasteiger partial charge in [-0.2, -0.15) is 0 Å². The minimum Gasteiger partial charge on any atom is -0.370 e. The third-order valence-corrected chi connectivity index (χ3v) is 2.48. The van der Waals surface area contributed by atoms with Crippen molar-refractivity contribution in [1.29, 1.82) is 0 Å². The normalized spacial score (nSPS) is 21.8. The van der Waals surface area contributed by atoms with E-state index in [-0.39, 0.29) is 18.1 Å². The number of hydrogen-bond donors (Lipinski definition) is 2. The predicted molar refractivity (Wildman–Crippen MR) is 64.4 cm³/mol. The molecule has 94 valence electrons. The van der Waals surface area contributed by atoms with Crippen molar-refractivity contribution in [2.75, 3.05) is 19.8 Å². The minimum atomic E-state index is -0.177. The third kappa shape index (κ3) is 6.08. The first-order valence-corrected chi connectivity index (χ1v) is 6.09. The van der Waals surface area contributed by atoms with Crippen LogP contribution in [0.4, 0.5) is 0 Å². The summed E-state index contributed by atoms with van der Waals surface area (Å²) in [5, 5.41) is 6.26. The van der Waals surface area contributed by atoms with Gasteiger partial charge in [-0.25, -0.2) is 0 Å². The van der Waals surface area contributed by atoms with Crippen molar-refractivity contribution in [3.05, 3.63) is 0 Å². The highest BCUT2D eigenvalue weighted by Gasteiger charge is 2.15. The molecule has 1 atom stereocenters. The van der Waals surface area contributed by atoms with Gasteiger partial charge in [-0.15, -0.1) is 0 Å². The van der Waals surface area contributed by atoms with Crippen molar-refractivity contribution in [2.24, 2.45) is 0 Å². The number of ether oxygens (including phenoxy) is 1. The Labute approximate surface area is 98.1 Å². The lowest BCUT2D eigenvalue weighted by Crippen LogP contribution is -2.43. The van der Waals surface area contributed by atoms with Crippen LogP contribution in [0.5, 0.6) is 0 Å². The summed E-state index contributed by atoms with van der Waals surface area (Å²) in [6.45, 7) is 7.77. The standard InChI is InChI=1S/C12H24N2O2/c1-12(2,3)14-11(15)9-16-8-10-6-4-5-7-13-10/h10,13H,4-9H2,1-3H3,(H,14,15). The Bertz CT molecular complexity index is 218. The van der Waals surface area contributed by atoms with Gasteiger partial charge >= 0.3 is 0 Å². The van der Waals surface area contributed by atoms with E-state index in [4.69, 9.17) is 4.74 Å². The molecule has 0 aliphatic carbocycles. The minimum absolute atomic E-state index is 0.0386. The highest BCUT2D eigenvalue weighted by atomic mass is 16.5. The van der Waals surface area contributed by atoms with Gasteiger partial charge in [0.1, 0.15) is 6.61 Å². The Kier molecular flexibility index (Phi) is 5.22. The molecule has 0 spiro atoms. The fraction of sp³-hybridized carbons (Fsp3) is 0.917. The van der Waals surface area contributed by atoms with E-state index >= 15 is 0 Å². The lowest BCUT2D eigenvalue weighted by Gasteiger charge is -2.24. The van der Waals surface area contributed by atoms with Gasteiger partial charge < -0.3 is 15.4 Å². The Morgan fingerprint density at radius 3 is 2.75 bits per heavy atom. The molecule has 0 aromatic carbocycles. The zero-order valence-electron chi connectivity index (χ0n) is 10.6. The van der Waals surface area contributed by atoms with Crippen molar-refractivity contribution in [2.45, 2.75) is 51.6 Å². The monoisotopic (exact) mass is 228 g/mol. The summed E-state index contributed by atoms with van der Waals surface area (Å²) in [4.78, 5) is 11.4. The van der Waals surface area contributed by atoms with E-state index < -0.39 is 0 Å². The molecule has 1 rings (SSSR count). The molecular weight excluding hydrogens is 204 g/mol. The summed E-state index contributed by atoms with van der Waals surface area (Å²) in [6, 6.07) is 0.427. The van der Waals surface area contributed by atoms with Gasteiger partial charge in [-0.05, 0) is 40.2 Å². The highest BCUT2D eigenvalue weighted by Crippen LogP contribution is 2.06. The maximum Gasteiger partial charge on any atom is 0.246 e. The largest absolute Gasteiger partial charge is 0.370 e. The molecule has 1 saturated heterocycles. The van der Waals surface area contributed by atoms with Gasteiger partial charge in [0, 0.05) is 11.6 Å². The van der Waals surface area contributed by atoms with Crippen LogP contribution < -0.4 is 10.6 Å². The quantitative estimate of drug-likeness (QED) is 0.756. The first-order chi connectivity index (χ1) is 7.47. The van der Waals surface area contributed by atoms with Gasteiger partial charge in [0.15, 0.2) is 0 Å². The second-order valence-electron chi connectivity index (χ2n) is 5.46. The molecule has 1 amide bonds. The smallest absolute Gasteiger partial charge is 0.246 e. The summed E-state index contributed by atoms with van der Waals surface area (Å²) < 4.78 is 5.41. The topological polar surface area (TPSA) is 50.4 Å². The molecule has 0 radical (unpaired) electrons. The maximum atomic E-state index is 11.4. The molecule has 0 aromatic heterocycles. The number of rotatable bonds is 4. The van der Waals surface area contributed by atoms with Crippen LogP contribution >= 0.6 is 0 Å². The molecule has 0 bridgehead atoms. The summed E-state index contributed by atoms with van der Waals surface area (Å²) in [6.07, 6.45) is 3.66. The number of nitrogens with one attached hydrogen (secondary N) is 2. The van der Waals surface area contributed by atoms with E-state index in [2.05, 4.69) is 10.6 Å². The van der Waals surface area contributed by atoms with E-state index in [0.29, 0.717) is 12.6 Å². The summed E-state index contributed by atoms with van der Waals surface area (Å²) in [7, 11) is 0. The van der Waals surface area contributed by atoms with Gasteiger partial charge in [0.05, 0.1) is 6.61 Å². The van der Waals surface area contributed by atoms with Crippen molar-refractivity contribution in [1.82, 2.24) is 10.6 Å². The molecule has 1 aliphatic rings. The van der Waals surface area contributed by atoms with Crippen molar-refractivity contribution < 1.29 is 9.53 Å². The molecule has 4 heteroatoms. The Balaban J connectivity index is 2.08. The Hall–Kier alpha value is -0.610. The lowest BCUT2D eigenvalue weighted by molar-refractivity contribution is -0.127. The van der Waals surface area contributed by atoms with Crippen LogP contribution in [0.25, 0.3) is 0 Å². The fourth-order valence-corrected chi connectivity index (χ4v) is 1.81. The molecular formula is C12H24N2O2. The third-order valence-electron chi connectivity index (χ3n) is 2.48. The molecule has 0 aromatic rings. The number of carbonyl (C=O) groups excluding carboxylic acids is 1. The maximum absolute atomic E-state index is 11.4. The Morgan fingerprint density at radius 2 is 2.19 bits per heavy atom. The number of piperidine rings is 1. The average Bonchev–Trinajstić information content (AvgIpc) is 2.16. The molecule has 1 fully saturated rings.